The molecule has 0 nitrogen and oxygen atoms in total. The van der Waals surface area contributed by atoms with Gasteiger partial charge in [0.2, 0.25) is 31.3 Å². The normalized spacial score (nSPS) is 12.0. The van der Waals surface area contributed by atoms with Crippen molar-refractivity contribution in [2.45, 2.75) is 0 Å². The summed E-state index contributed by atoms with van der Waals surface area (Å²) in [6.07, 6.45) is 0. The van der Waals surface area contributed by atoms with Crippen LogP contribution in [0.1, 0.15) is 0 Å². The fraction of sp³-hybridized carbons (Fsp3) is 0. The third-order valence-corrected chi connectivity index (χ3v) is 11.1. The molecule has 4 rings (SSSR count). The maximum absolute atomic E-state index is 15.4. The van der Waals surface area contributed by atoms with Gasteiger partial charge >= 0.3 is 0 Å². The zero-order chi connectivity index (χ0) is 34.4. The predicted molar refractivity (Wildman–Crippen MR) is 109 cm³/mol. The van der Waals surface area contributed by atoms with Crippen LogP contribution in [0.3, 0.4) is 0 Å². The van der Waals surface area contributed by atoms with Crippen LogP contribution in [0, 0.1) is 116 Å². The molecule has 0 unspecified atom stereocenters. The Kier molecular flexibility index (Phi) is 8.17. The molecule has 45 heavy (non-hydrogen) atoms. The zero-order valence-corrected chi connectivity index (χ0v) is 21.1. The fourth-order valence-corrected chi connectivity index (χ4v) is 9.50. The Bertz CT molecular complexity index is 1570. The molecule has 0 aromatic heterocycles. The molecule has 0 aliphatic rings. The number of halogens is 20. The summed E-state index contributed by atoms with van der Waals surface area (Å²) in [4.78, 5) is 0. The van der Waals surface area contributed by atoms with E-state index in [4.69, 9.17) is 0 Å². The summed E-state index contributed by atoms with van der Waals surface area (Å²) < 4.78 is 294. The van der Waals surface area contributed by atoms with Gasteiger partial charge < -0.3 is 0 Å². The quantitative estimate of drug-likeness (QED) is 0.0828. The van der Waals surface area contributed by atoms with Crippen molar-refractivity contribution in [1.29, 1.82) is 0 Å². The average Bonchev–Trinajstić information content (AvgIpc) is 3.00. The minimum atomic E-state index is -8.59. The first-order valence-electron chi connectivity index (χ1n) is 10.8. The lowest BCUT2D eigenvalue weighted by atomic mass is 10.2. The number of hydrogen-bond acceptors (Lipinski definition) is 0. The van der Waals surface area contributed by atoms with Gasteiger partial charge in [0.05, 0.1) is 0 Å². The van der Waals surface area contributed by atoms with Crippen molar-refractivity contribution in [2.24, 2.45) is 0 Å². The third-order valence-electron chi connectivity index (χ3n) is 6.34. The number of rotatable bonds is 4. The van der Waals surface area contributed by atoms with Gasteiger partial charge in [-0.25, -0.2) is 87.8 Å². The topological polar surface area (TPSA) is 0 Å². The van der Waals surface area contributed by atoms with E-state index in [-0.39, 0.29) is 0 Å². The largest absolute Gasteiger partial charge is 0.208 e. The first kappa shape index (κ1) is 33.6. The summed E-state index contributed by atoms with van der Waals surface area (Å²) in [5, 5.41) is -14.0. The second kappa shape index (κ2) is 10.9. The van der Waals surface area contributed by atoms with Gasteiger partial charge in [-0.05, 0) is 0 Å². The van der Waals surface area contributed by atoms with E-state index in [1.807, 2.05) is 0 Å². The minimum absolute atomic E-state index is 3.33. The van der Waals surface area contributed by atoms with Crippen LogP contribution in [0.2, 0.25) is 0 Å². The molecule has 0 aliphatic carbocycles. The van der Waals surface area contributed by atoms with E-state index < -0.39 is 145 Å². The highest BCUT2D eigenvalue weighted by Crippen LogP contribution is 2.30. The van der Waals surface area contributed by atoms with Gasteiger partial charge in [0.15, 0.2) is 93.1 Å². The third kappa shape index (κ3) is 4.21. The van der Waals surface area contributed by atoms with Crippen molar-refractivity contribution in [3.8, 4) is 0 Å². The SMILES string of the molecule is Fc1c(F)c(F)c([Si](c2c(F)c(F)c(F)c(F)c2F)(c2c(F)c(F)c(F)c(F)c2F)c2c(F)c(F)c(F)c(F)c2F)c(F)c1F. The maximum Gasteiger partial charge on any atom is 0.208 e. The lowest BCUT2D eigenvalue weighted by molar-refractivity contribution is 0.378. The molecule has 4 aromatic rings. The highest BCUT2D eigenvalue weighted by molar-refractivity contribution is 7.20. The highest BCUT2D eigenvalue weighted by Gasteiger charge is 2.60. The summed E-state index contributed by atoms with van der Waals surface area (Å²) in [5.74, 6) is -70.9. The molecule has 0 fully saturated rings. The Hall–Kier alpha value is -4.30. The van der Waals surface area contributed by atoms with Crippen LogP contribution >= 0.6 is 0 Å². The van der Waals surface area contributed by atoms with Crippen molar-refractivity contribution >= 4 is 28.8 Å². The Balaban J connectivity index is 2.69. The van der Waals surface area contributed by atoms with Crippen LogP contribution in [0.5, 0.6) is 0 Å². The Labute approximate surface area is 233 Å². The molecule has 0 saturated heterocycles. The van der Waals surface area contributed by atoms with Crippen LogP contribution in [-0.2, 0) is 0 Å². The summed E-state index contributed by atoms with van der Waals surface area (Å²) in [6, 6.07) is 0. The van der Waals surface area contributed by atoms with E-state index >= 15 is 35.1 Å². The highest BCUT2D eigenvalue weighted by atomic mass is 28.3. The molecule has 0 atom stereocenters. The summed E-state index contributed by atoms with van der Waals surface area (Å²) in [7, 11) is -8.59. The van der Waals surface area contributed by atoms with E-state index in [0.29, 0.717) is 0 Å². The van der Waals surface area contributed by atoms with E-state index in [1.54, 1.807) is 0 Å². The standard InChI is InChI=1S/C24F20Si/c25-1-5(29)13(37)21(14(38)6(1)30)45(22-15(39)7(31)2(26)8(32)16(22)40,23-17(41)9(33)3(27)10(34)18(23)42)24-19(43)11(35)4(28)12(36)20(24)44. The van der Waals surface area contributed by atoms with Gasteiger partial charge in [-0.15, -0.1) is 0 Å². The van der Waals surface area contributed by atoms with E-state index in [1.165, 1.54) is 0 Å². The van der Waals surface area contributed by atoms with Crippen LogP contribution in [-0.4, -0.2) is 8.07 Å². The molecular formula is C24F20Si. The molecule has 0 spiro atoms. The summed E-state index contributed by atoms with van der Waals surface area (Å²) >= 11 is 0. The van der Waals surface area contributed by atoms with E-state index in [0.717, 1.165) is 0 Å². The molecule has 4 aromatic carbocycles. The molecule has 240 valence electrons. The zero-order valence-electron chi connectivity index (χ0n) is 20.1. The second-order valence-electron chi connectivity index (χ2n) is 8.53. The van der Waals surface area contributed by atoms with Gasteiger partial charge in [0.1, 0.15) is 0 Å². The first-order chi connectivity index (χ1) is 20.7. The molecule has 0 amide bonds. The van der Waals surface area contributed by atoms with Gasteiger partial charge in [-0.3, -0.25) is 0 Å². The smallest absolute Gasteiger partial charge is 0.204 e. The Morgan fingerprint density at radius 3 is 0.356 bits per heavy atom. The maximum atomic E-state index is 15.4. The van der Waals surface area contributed by atoms with E-state index in [2.05, 4.69) is 0 Å². The molecule has 0 saturated carbocycles. The molecular weight excluding hydrogens is 696 g/mol. The van der Waals surface area contributed by atoms with E-state index in [9.17, 15) is 52.7 Å². The average molecular weight is 696 g/mol. The van der Waals surface area contributed by atoms with Crippen LogP contribution in [0.4, 0.5) is 87.8 Å². The van der Waals surface area contributed by atoms with Crippen molar-refractivity contribution in [1.82, 2.24) is 0 Å². The Morgan fingerprint density at radius 2 is 0.244 bits per heavy atom. The first-order valence-corrected chi connectivity index (χ1v) is 12.8. The molecule has 0 bridgehead atoms. The monoisotopic (exact) mass is 696 g/mol. The van der Waals surface area contributed by atoms with Crippen LogP contribution in [0.25, 0.3) is 0 Å². The van der Waals surface area contributed by atoms with Crippen molar-refractivity contribution in [3.63, 3.8) is 0 Å². The van der Waals surface area contributed by atoms with Gasteiger partial charge in [-0.2, -0.15) is 0 Å². The van der Waals surface area contributed by atoms with Gasteiger partial charge in [-0.1, -0.05) is 0 Å². The lowest BCUT2D eigenvalue weighted by Gasteiger charge is -2.36. The molecule has 0 N–H and O–H groups in total. The number of hydrogen-bond donors (Lipinski definition) is 0. The van der Waals surface area contributed by atoms with Crippen LogP contribution in [0.15, 0.2) is 0 Å². The summed E-state index contributed by atoms with van der Waals surface area (Å²) in [5.41, 5.74) is 0. The molecule has 0 heterocycles. The van der Waals surface area contributed by atoms with Crippen molar-refractivity contribution < 1.29 is 87.8 Å². The van der Waals surface area contributed by atoms with Crippen molar-refractivity contribution in [2.75, 3.05) is 0 Å². The Morgan fingerprint density at radius 1 is 0.156 bits per heavy atom. The van der Waals surface area contributed by atoms with Crippen LogP contribution < -0.4 is 20.7 Å². The second-order valence-corrected chi connectivity index (χ2v) is 12.0. The predicted octanol–water partition coefficient (Wildman–Crippen LogP) is 5.85. The van der Waals surface area contributed by atoms with Gasteiger partial charge in [0.25, 0.3) is 0 Å². The molecule has 0 aliphatic heterocycles. The van der Waals surface area contributed by atoms with Gasteiger partial charge in [0, 0.05) is 20.7 Å². The molecule has 21 heteroatoms. The number of benzene rings is 4. The van der Waals surface area contributed by atoms with Crippen molar-refractivity contribution in [3.05, 3.63) is 116 Å². The fourth-order valence-electron chi connectivity index (χ4n) is 4.49. The molecule has 0 radical (unpaired) electrons. The lowest BCUT2D eigenvalue weighted by Crippen LogP contribution is -2.81. The minimum Gasteiger partial charge on any atom is -0.204 e. The summed E-state index contributed by atoms with van der Waals surface area (Å²) in [6.45, 7) is 0.